The zero-order chi connectivity index (χ0) is 21.9. The van der Waals surface area contributed by atoms with Crippen LogP contribution in [0.25, 0.3) is 0 Å². The van der Waals surface area contributed by atoms with Crippen molar-refractivity contribution < 1.29 is 45.1 Å². The molecule has 0 amide bonds. The van der Waals surface area contributed by atoms with Crippen molar-refractivity contribution >= 4 is 16.1 Å². The van der Waals surface area contributed by atoms with Gasteiger partial charge in [0.15, 0.2) is 11.5 Å². The number of rotatable bonds is 8. The second-order valence-corrected chi connectivity index (χ2v) is 8.21. The van der Waals surface area contributed by atoms with Gasteiger partial charge in [0.1, 0.15) is 12.2 Å². The molecular weight excluding hydrogens is 417 g/mol. The Hall–Kier alpha value is -2.27. The summed E-state index contributed by atoms with van der Waals surface area (Å²) >= 11 is 0. The van der Waals surface area contributed by atoms with Gasteiger partial charge in [0, 0.05) is 0 Å². The zero-order valence-electron chi connectivity index (χ0n) is 15.6. The van der Waals surface area contributed by atoms with Crippen molar-refractivity contribution in [1.82, 2.24) is 0 Å². The van der Waals surface area contributed by atoms with Gasteiger partial charge in [-0.3, -0.25) is 0 Å². The summed E-state index contributed by atoms with van der Waals surface area (Å²) in [6.45, 7) is 4.89. The standard InChI is InChI=1S/C18H21F3O7S/c1-12(2)17(7-3-4-8-17)27-15-11-13(5-6-14(15)28-18(19,20)21)16(22)26-9-10-29(23,24)25/h5-6,11H,1,3-4,7-10H2,2H3,(H,23,24,25)/p-1. The van der Waals surface area contributed by atoms with Crippen molar-refractivity contribution in [2.24, 2.45) is 0 Å². The third-order valence-corrected chi connectivity index (χ3v) is 5.13. The molecule has 0 unspecified atom stereocenters. The Kier molecular flexibility index (Phi) is 6.84. The highest BCUT2D eigenvalue weighted by Crippen LogP contribution is 2.43. The molecule has 0 saturated heterocycles. The SMILES string of the molecule is C=C(C)C1(Oc2cc(C(=O)OCCS(=O)(=O)[O-])ccc2OC(F)(F)F)CCCC1. The molecule has 1 saturated carbocycles. The monoisotopic (exact) mass is 437 g/mol. The summed E-state index contributed by atoms with van der Waals surface area (Å²) in [6, 6.07) is 2.95. The zero-order valence-corrected chi connectivity index (χ0v) is 16.4. The van der Waals surface area contributed by atoms with Crippen LogP contribution in [0.2, 0.25) is 0 Å². The Balaban J connectivity index is 2.31. The van der Waals surface area contributed by atoms with Gasteiger partial charge < -0.3 is 18.8 Å². The second kappa shape index (κ2) is 8.62. The molecule has 0 spiro atoms. The largest absolute Gasteiger partial charge is 0.748 e. The molecule has 1 fully saturated rings. The first-order valence-electron chi connectivity index (χ1n) is 8.67. The summed E-state index contributed by atoms with van der Waals surface area (Å²) in [6.07, 6.45) is -2.29. The Morgan fingerprint density at radius 1 is 1.24 bits per heavy atom. The maximum absolute atomic E-state index is 12.8. The number of ether oxygens (including phenoxy) is 3. The highest BCUT2D eigenvalue weighted by molar-refractivity contribution is 7.85. The molecule has 0 bridgehead atoms. The van der Waals surface area contributed by atoms with E-state index in [0.29, 0.717) is 18.4 Å². The van der Waals surface area contributed by atoms with E-state index in [1.165, 1.54) is 0 Å². The highest BCUT2D eigenvalue weighted by atomic mass is 32.2. The van der Waals surface area contributed by atoms with Crippen LogP contribution in [-0.2, 0) is 14.9 Å². The van der Waals surface area contributed by atoms with E-state index >= 15 is 0 Å². The Morgan fingerprint density at radius 2 is 1.86 bits per heavy atom. The van der Waals surface area contributed by atoms with Gasteiger partial charge >= 0.3 is 12.3 Å². The molecule has 11 heteroatoms. The van der Waals surface area contributed by atoms with Crippen molar-refractivity contribution in [2.75, 3.05) is 12.4 Å². The number of hydrogen-bond acceptors (Lipinski definition) is 7. The quantitative estimate of drug-likeness (QED) is 0.348. The maximum atomic E-state index is 12.8. The molecular formula is C18H20F3O7S-. The van der Waals surface area contributed by atoms with Crippen LogP contribution in [-0.4, -0.2) is 43.3 Å². The lowest BCUT2D eigenvalue weighted by atomic mass is 9.94. The summed E-state index contributed by atoms with van der Waals surface area (Å²) in [4.78, 5) is 12.1. The van der Waals surface area contributed by atoms with E-state index in [9.17, 15) is 30.9 Å². The molecule has 0 atom stereocenters. The third-order valence-electron chi connectivity index (χ3n) is 4.47. The van der Waals surface area contributed by atoms with Crippen molar-refractivity contribution in [3.8, 4) is 11.5 Å². The lowest BCUT2D eigenvalue weighted by molar-refractivity contribution is -0.275. The van der Waals surface area contributed by atoms with Crippen molar-refractivity contribution in [1.29, 1.82) is 0 Å². The maximum Gasteiger partial charge on any atom is 0.573 e. The van der Waals surface area contributed by atoms with E-state index in [2.05, 4.69) is 16.1 Å². The first-order chi connectivity index (χ1) is 13.3. The summed E-state index contributed by atoms with van der Waals surface area (Å²) in [5, 5.41) is 0. The van der Waals surface area contributed by atoms with Gasteiger partial charge in [-0.1, -0.05) is 6.58 Å². The average Bonchev–Trinajstić information content (AvgIpc) is 3.04. The first kappa shape index (κ1) is 23.0. The Morgan fingerprint density at radius 3 is 2.38 bits per heavy atom. The van der Waals surface area contributed by atoms with Crippen LogP contribution in [0.5, 0.6) is 11.5 Å². The van der Waals surface area contributed by atoms with E-state index in [1.807, 2.05) is 0 Å². The van der Waals surface area contributed by atoms with Crippen molar-refractivity contribution in [3.05, 3.63) is 35.9 Å². The summed E-state index contributed by atoms with van der Waals surface area (Å²) in [5.74, 6) is -2.90. The molecule has 1 aromatic carbocycles. The molecule has 0 heterocycles. The van der Waals surface area contributed by atoms with Gasteiger partial charge in [-0.05, 0) is 56.4 Å². The number of benzene rings is 1. The molecule has 0 N–H and O–H groups in total. The molecule has 0 aromatic heterocycles. The van der Waals surface area contributed by atoms with Crippen molar-refractivity contribution in [2.45, 2.75) is 44.6 Å². The molecule has 1 aromatic rings. The van der Waals surface area contributed by atoms with Gasteiger partial charge in [-0.2, -0.15) is 0 Å². The van der Waals surface area contributed by atoms with Crippen LogP contribution in [0.3, 0.4) is 0 Å². The molecule has 0 radical (unpaired) electrons. The number of carbonyl (C=O) groups excluding carboxylic acids is 1. The number of alkyl halides is 3. The second-order valence-electron chi connectivity index (χ2n) is 6.69. The minimum absolute atomic E-state index is 0.187. The normalized spacial score (nSPS) is 16.3. The predicted molar refractivity (Wildman–Crippen MR) is 94.6 cm³/mol. The molecule has 7 nitrogen and oxygen atoms in total. The van der Waals surface area contributed by atoms with Gasteiger partial charge in [0.05, 0.1) is 21.4 Å². The van der Waals surface area contributed by atoms with E-state index in [-0.39, 0.29) is 11.3 Å². The van der Waals surface area contributed by atoms with Crippen molar-refractivity contribution in [3.63, 3.8) is 0 Å². The van der Waals surface area contributed by atoms with E-state index in [4.69, 9.17) is 4.74 Å². The predicted octanol–water partition coefficient (Wildman–Crippen LogP) is 3.55. The number of hydrogen-bond donors (Lipinski definition) is 0. The van der Waals surface area contributed by atoms with Gasteiger partial charge in [0.2, 0.25) is 0 Å². The Bertz CT molecular complexity index is 872. The van der Waals surface area contributed by atoms with Crippen LogP contribution in [0.1, 0.15) is 43.0 Å². The van der Waals surface area contributed by atoms with Gasteiger partial charge in [0.25, 0.3) is 0 Å². The van der Waals surface area contributed by atoms with Crippen LogP contribution in [0.15, 0.2) is 30.4 Å². The molecule has 1 aliphatic carbocycles. The van der Waals surface area contributed by atoms with Gasteiger partial charge in [-0.25, -0.2) is 13.2 Å². The molecule has 2 rings (SSSR count). The van der Waals surface area contributed by atoms with E-state index in [1.54, 1.807) is 6.92 Å². The summed E-state index contributed by atoms with van der Waals surface area (Å²) < 4.78 is 84.5. The first-order valence-corrected chi connectivity index (χ1v) is 10.2. The number of carbonyl (C=O) groups is 1. The fourth-order valence-corrected chi connectivity index (χ4v) is 3.30. The fourth-order valence-electron chi connectivity index (χ4n) is 3.02. The topological polar surface area (TPSA) is 102 Å². The van der Waals surface area contributed by atoms with Gasteiger partial charge in [-0.15, -0.1) is 13.2 Å². The lowest BCUT2D eigenvalue weighted by Crippen LogP contribution is -2.34. The fraction of sp³-hybridized carbons (Fsp3) is 0.500. The van der Waals surface area contributed by atoms with Crippen LogP contribution in [0.4, 0.5) is 13.2 Å². The van der Waals surface area contributed by atoms with Crippen LogP contribution in [0, 0.1) is 0 Å². The smallest absolute Gasteiger partial charge is 0.573 e. The Labute approximate surface area is 166 Å². The third kappa shape index (κ3) is 6.64. The molecule has 0 aliphatic heterocycles. The number of halogens is 3. The minimum atomic E-state index is -4.98. The van der Waals surface area contributed by atoms with Crippen LogP contribution >= 0.6 is 0 Å². The molecule has 1 aliphatic rings. The van der Waals surface area contributed by atoms with E-state index in [0.717, 1.165) is 31.0 Å². The molecule has 29 heavy (non-hydrogen) atoms. The highest BCUT2D eigenvalue weighted by Gasteiger charge is 2.39. The minimum Gasteiger partial charge on any atom is -0.748 e. The van der Waals surface area contributed by atoms with E-state index < -0.39 is 46.2 Å². The molecule has 162 valence electrons. The number of esters is 1. The summed E-state index contributed by atoms with van der Waals surface area (Å²) in [7, 11) is -4.58. The average molecular weight is 437 g/mol. The lowest BCUT2D eigenvalue weighted by Gasteiger charge is -2.32. The summed E-state index contributed by atoms with van der Waals surface area (Å²) in [5.41, 5.74) is -0.447. The van der Waals surface area contributed by atoms with Crippen LogP contribution < -0.4 is 9.47 Å².